The molecule has 2 atom stereocenters. The molecule has 1 fully saturated rings. The van der Waals surface area contributed by atoms with Gasteiger partial charge in [0.2, 0.25) is 0 Å². The second kappa shape index (κ2) is 9.90. The summed E-state index contributed by atoms with van der Waals surface area (Å²) in [5.74, 6) is 1.88. The molecule has 17 heavy (non-hydrogen) atoms. The van der Waals surface area contributed by atoms with E-state index in [0.29, 0.717) is 0 Å². The Balaban J connectivity index is 2.17. The van der Waals surface area contributed by atoms with Crippen LogP contribution in [0.2, 0.25) is 0 Å². The molecule has 1 aliphatic carbocycles. The molecule has 1 N–H and O–H groups in total. The van der Waals surface area contributed by atoms with Gasteiger partial charge in [0.05, 0.1) is 0 Å². The molecule has 0 bridgehead atoms. The fourth-order valence-electron chi connectivity index (χ4n) is 2.99. The first-order chi connectivity index (χ1) is 8.38. The van der Waals surface area contributed by atoms with Crippen LogP contribution in [0.4, 0.5) is 0 Å². The summed E-state index contributed by atoms with van der Waals surface area (Å²) >= 11 is 0. The fraction of sp³-hybridized carbons (Fsp3) is 1.00. The third-order valence-electron chi connectivity index (χ3n) is 3.97. The standard InChI is InChI=1S/C15H31NO/c1-3-11-16-13-15-9-6-5-8-14(15)10-7-12-17-4-2/h14-16H,3-13H2,1-2H3. The van der Waals surface area contributed by atoms with Crippen LogP contribution in [-0.4, -0.2) is 26.3 Å². The lowest BCUT2D eigenvalue weighted by Crippen LogP contribution is -2.31. The van der Waals surface area contributed by atoms with Crippen LogP contribution in [0.3, 0.4) is 0 Å². The first-order valence-electron chi connectivity index (χ1n) is 7.66. The van der Waals surface area contributed by atoms with Gasteiger partial charge < -0.3 is 10.1 Å². The van der Waals surface area contributed by atoms with Gasteiger partial charge in [0.25, 0.3) is 0 Å². The first kappa shape index (κ1) is 15.0. The van der Waals surface area contributed by atoms with E-state index in [1.165, 1.54) is 58.0 Å². The van der Waals surface area contributed by atoms with Crippen LogP contribution in [0.15, 0.2) is 0 Å². The molecule has 0 saturated heterocycles. The highest BCUT2D eigenvalue weighted by Crippen LogP contribution is 2.32. The molecule has 0 radical (unpaired) electrons. The molecule has 2 unspecified atom stereocenters. The van der Waals surface area contributed by atoms with Gasteiger partial charge in [-0.2, -0.15) is 0 Å². The largest absolute Gasteiger partial charge is 0.382 e. The van der Waals surface area contributed by atoms with Crippen molar-refractivity contribution in [3.8, 4) is 0 Å². The van der Waals surface area contributed by atoms with Crippen LogP contribution in [0.5, 0.6) is 0 Å². The minimum absolute atomic E-state index is 0.867. The van der Waals surface area contributed by atoms with Gasteiger partial charge in [-0.25, -0.2) is 0 Å². The van der Waals surface area contributed by atoms with Crippen molar-refractivity contribution in [3.63, 3.8) is 0 Å². The summed E-state index contributed by atoms with van der Waals surface area (Å²) < 4.78 is 5.44. The molecule has 0 spiro atoms. The van der Waals surface area contributed by atoms with Gasteiger partial charge in [0, 0.05) is 13.2 Å². The zero-order chi connectivity index (χ0) is 12.3. The maximum Gasteiger partial charge on any atom is 0.0465 e. The molecule has 1 rings (SSSR count). The average Bonchev–Trinajstić information content (AvgIpc) is 2.36. The van der Waals surface area contributed by atoms with Crippen molar-refractivity contribution in [3.05, 3.63) is 0 Å². The number of ether oxygens (including phenoxy) is 1. The molecule has 0 aliphatic heterocycles. The molecule has 0 aromatic carbocycles. The van der Waals surface area contributed by atoms with Crippen LogP contribution in [0.1, 0.15) is 58.8 Å². The fourth-order valence-corrected chi connectivity index (χ4v) is 2.99. The Morgan fingerprint density at radius 2 is 1.88 bits per heavy atom. The van der Waals surface area contributed by atoms with Crippen LogP contribution < -0.4 is 5.32 Å². The Kier molecular flexibility index (Phi) is 8.72. The highest BCUT2D eigenvalue weighted by molar-refractivity contribution is 4.77. The molecule has 2 nitrogen and oxygen atoms in total. The molecule has 0 heterocycles. The average molecular weight is 241 g/mol. The van der Waals surface area contributed by atoms with Crippen molar-refractivity contribution in [2.45, 2.75) is 58.8 Å². The predicted octanol–water partition coefficient (Wildman–Crippen LogP) is 3.61. The normalized spacial score (nSPS) is 25.1. The van der Waals surface area contributed by atoms with E-state index in [2.05, 4.69) is 19.2 Å². The monoisotopic (exact) mass is 241 g/mol. The van der Waals surface area contributed by atoms with Crippen LogP contribution in [0.25, 0.3) is 0 Å². The van der Waals surface area contributed by atoms with Gasteiger partial charge >= 0.3 is 0 Å². The van der Waals surface area contributed by atoms with E-state index in [9.17, 15) is 0 Å². The predicted molar refractivity (Wildman–Crippen MR) is 74.3 cm³/mol. The van der Waals surface area contributed by atoms with E-state index in [-0.39, 0.29) is 0 Å². The Hall–Kier alpha value is -0.0800. The second-order valence-corrected chi connectivity index (χ2v) is 5.35. The first-order valence-corrected chi connectivity index (χ1v) is 7.66. The lowest BCUT2D eigenvalue weighted by atomic mass is 9.77. The molecular formula is C15H31NO. The summed E-state index contributed by atoms with van der Waals surface area (Å²) in [4.78, 5) is 0. The molecule has 0 aromatic rings. The number of rotatable bonds is 9. The van der Waals surface area contributed by atoms with Gasteiger partial charge in [-0.1, -0.05) is 26.2 Å². The SMILES string of the molecule is CCCNCC1CCCCC1CCCOCC. The summed E-state index contributed by atoms with van der Waals surface area (Å²) in [6, 6.07) is 0. The third-order valence-corrected chi connectivity index (χ3v) is 3.97. The molecule has 1 aliphatic rings. The highest BCUT2D eigenvalue weighted by atomic mass is 16.5. The topological polar surface area (TPSA) is 21.3 Å². The van der Waals surface area contributed by atoms with Gasteiger partial charge in [0.1, 0.15) is 0 Å². The Morgan fingerprint density at radius 1 is 1.12 bits per heavy atom. The third kappa shape index (κ3) is 6.42. The minimum atomic E-state index is 0.867. The maximum absolute atomic E-state index is 5.44. The second-order valence-electron chi connectivity index (χ2n) is 5.35. The molecule has 0 aromatic heterocycles. The van der Waals surface area contributed by atoms with E-state index in [1.807, 2.05) is 0 Å². The van der Waals surface area contributed by atoms with Gasteiger partial charge in [-0.05, 0) is 57.5 Å². The smallest absolute Gasteiger partial charge is 0.0465 e. The summed E-state index contributed by atoms with van der Waals surface area (Å²) in [6.45, 7) is 8.58. The van der Waals surface area contributed by atoms with E-state index < -0.39 is 0 Å². The van der Waals surface area contributed by atoms with Crippen LogP contribution in [-0.2, 0) is 4.74 Å². The van der Waals surface area contributed by atoms with E-state index in [4.69, 9.17) is 4.74 Å². The van der Waals surface area contributed by atoms with E-state index in [0.717, 1.165) is 25.0 Å². The van der Waals surface area contributed by atoms with Gasteiger partial charge in [-0.3, -0.25) is 0 Å². The van der Waals surface area contributed by atoms with Gasteiger partial charge in [0.15, 0.2) is 0 Å². The van der Waals surface area contributed by atoms with E-state index >= 15 is 0 Å². The summed E-state index contributed by atoms with van der Waals surface area (Å²) in [5, 5.41) is 3.61. The van der Waals surface area contributed by atoms with Crippen molar-refractivity contribution >= 4 is 0 Å². The summed E-state index contributed by atoms with van der Waals surface area (Å²) in [7, 11) is 0. The van der Waals surface area contributed by atoms with Crippen LogP contribution >= 0.6 is 0 Å². The molecule has 0 amide bonds. The zero-order valence-corrected chi connectivity index (χ0v) is 11.8. The lowest BCUT2D eigenvalue weighted by molar-refractivity contribution is 0.128. The van der Waals surface area contributed by atoms with Gasteiger partial charge in [-0.15, -0.1) is 0 Å². The summed E-state index contributed by atoms with van der Waals surface area (Å²) in [5.41, 5.74) is 0. The minimum Gasteiger partial charge on any atom is -0.382 e. The summed E-state index contributed by atoms with van der Waals surface area (Å²) in [6.07, 6.45) is 9.66. The number of nitrogens with one attached hydrogen (secondary N) is 1. The van der Waals surface area contributed by atoms with Crippen molar-refractivity contribution in [2.24, 2.45) is 11.8 Å². The quantitative estimate of drug-likeness (QED) is 0.623. The number of hydrogen-bond donors (Lipinski definition) is 1. The van der Waals surface area contributed by atoms with Crippen molar-refractivity contribution < 1.29 is 4.74 Å². The molecular weight excluding hydrogens is 210 g/mol. The lowest BCUT2D eigenvalue weighted by Gasteiger charge is -2.32. The maximum atomic E-state index is 5.44. The molecule has 102 valence electrons. The number of hydrogen-bond acceptors (Lipinski definition) is 2. The van der Waals surface area contributed by atoms with Crippen LogP contribution in [0, 0.1) is 11.8 Å². The molecule has 1 saturated carbocycles. The van der Waals surface area contributed by atoms with Crippen molar-refractivity contribution in [2.75, 3.05) is 26.3 Å². The van der Waals surface area contributed by atoms with E-state index in [1.54, 1.807) is 0 Å². The highest BCUT2D eigenvalue weighted by Gasteiger charge is 2.23. The Bertz CT molecular complexity index is 172. The Morgan fingerprint density at radius 3 is 2.59 bits per heavy atom. The van der Waals surface area contributed by atoms with Crippen molar-refractivity contribution in [1.82, 2.24) is 5.32 Å². The molecule has 2 heteroatoms. The Labute approximate surface area is 108 Å². The van der Waals surface area contributed by atoms with Crippen molar-refractivity contribution in [1.29, 1.82) is 0 Å². The zero-order valence-electron chi connectivity index (χ0n) is 11.8.